The zero-order valence-electron chi connectivity index (χ0n) is 7.83. The van der Waals surface area contributed by atoms with E-state index in [0.29, 0.717) is 12.0 Å². The summed E-state index contributed by atoms with van der Waals surface area (Å²) in [5.74, 6) is 0.648. The monoisotopic (exact) mass is 151 g/mol. The molecule has 0 N–H and O–H groups in total. The third kappa shape index (κ3) is 1.93. The Labute approximate surface area is 69.4 Å². The van der Waals surface area contributed by atoms with E-state index in [9.17, 15) is 0 Å². The largest absolute Gasteiger partial charge is 0.302 e. The van der Waals surface area contributed by atoms with Gasteiger partial charge >= 0.3 is 0 Å². The first-order valence-corrected chi connectivity index (χ1v) is 4.14. The molecule has 1 rings (SSSR count). The maximum absolute atomic E-state index is 2.32. The lowest BCUT2D eigenvalue weighted by molar-refractivity contribution is 0.293. The Morgan fingerprint density at radius 2 is 2.00 bits per heavy atom. The molecule has 1 aliphatic rings. The summed E-state index contributed by atoms with van der Waals surface area (Å²) in [6, 6.07) is 0.582. The van der Waals surface area contributed by atoms with Crippen molar-refractivity contribution in [1.29, 1.82) is 0 Å². The second-order valence-electron chi connectivity index (χ2n) is 3.58. The van der Waals surface area contributed by atoms with Gasteiger partial charge in [-0.1, -0.05) is 30.7 Å². The zero-order valence-corrected chi connectivity index (χ0v) is 7.83. The Bertz CT molecular complexity index is 189. The molecule has 0 radical (unpaired) electrons. The molecular weight excluding hydrogens is 134 g/mol. The van der Waals surface area contributed by atoms with E-state index in [1.54, 1.807) is 0 Å². The van der Waals surface area contributed by atoms with Crippen LogP contribution in [-0.2, 0) is 0 Å². The number of rotatable bonds is 1. The Morgan fingerprint density at radius 3 is 2.45 bits per heavy atom. The second kappa shape index (κ2) is 3.22. The van der Waals surface area contributed by atoms with Crippen molar-refractivity contribution in [2.24, 2.45) is 5.92 Å². The van der Waals surface area contributed by atoms with Crippen molar-refractivity contribution >= 4 is 0 Å². The van der Waals surface area contributed by atoms with E-state index in [1.807, 2.05) is 0 Å². The van der Waals surface area contributed by atoms with Crippen LogP contribution in [0.4, 0.5) is 0 Å². The molecular formula is C10H17N. The highest BCUT2D eigenvalue weighted by molar-refractivity contribution is 5.24. The summed E-state index contributed by atoms with van der Waals surface area (Å²) >= 11 is 0. The lowest BCUT2D eigenvalue weighted by Crippen LogP contribution is -2.32. The van der Waals surface area contributed by atoms with Gasteiger partial charge in [-0.05, 0) is 26.9 Å². The van der Waals surface area contributed by atoms with E-state index in [0.717, 1.165) is 0 Å². The third-order valence-corrected chi connectivity index (χ3v) is 2.22. The normalized spacial score (nSPS) is 30.8. The van der Waals surface area contributed by atoms with Gasteiger partial charge in [0.1, 0.15) is 0 Å². The molecule has 0 aliphatic heterocycles. The summed E-state index contributed by atoms with van der Waals surface area (Å²) in [4.78, 5) is 2.25. The van der Waals surface area contributed by atoms with Crippen LogP contribution in [-0.4, -0.2) is 25.0 Å². The Morgan fingerprint density at radius 1 is 1.36 bits per heavy atom. The lowest BCUT2D eigenvalue weighted by atomic mass is 9.93. The minimum atomic E-state index is 0.582. The summed E-state index contributed by atoms with van der Waals surface area (Å²) in [6.45, 7) is 4.41. The molecule has 0 aromatic carbocycles. The minimum Gasteiger partial charge on any atom is -0.302 e. The van der Waals surface area contributed by atoms with E-state index < -0.39 is 0 Å². The van der Waals surface area contributed by atoms with Gasteiger partial charge in [0.05, 0.1) is 0 Å². The van der Waals surface area contributed by atoms with Gasteiger partial charge in [-0.15, -0.1) is 0 Å². The standard InChI is InChI=1S/C10H17N/c1-8-5-6-10(11(3)4)9(2)7-8/h5-7,9-10H,1-4H3/t9-,10?/m1/s1. The van der Waals surface area contributed by atoms with E-state index in [-0.39, 0.29) is 0 Å². The molecule has 0 heterocycles. The van der Waals surface area contributed by atoms with Crippen LogP contribution in [0.1, 0.15) is 13.8 Å². The van der Waals surface area contributed by atoms with Crippen molar-refractivity contribution in [3.8, 4) is 0 Å². The molecule has 1 aliphatic carbocycles. The fraction of sp³-hybridized carbons (Fsp3) is 0.600. The van der Waals surface area contributed by atoms with Crippen LogP contribution >= 0.6 is 0 Å². The number of allylic oxidation sites excluding steroid dienone is 2. The highest BCUT2D eigenvalue weighted by Gasteiger charge is 2.16. The molecule has 0 saturated carbocycles. The predicted octanol–water partition coefficient (Wildman–Crippen LogP) is 2.07. The molecule has 0 amide bonds. The molecule has 0 aromatic rings. The van der Waals surface area contributed by atoms with Gasteiger partial charge in [-0.2, -0.15) is 0 Å². The van der Waals surface area contributed by atoms with Crippen LogP contribution in [0.15, 0.2) is 23.8 Å². The van der Waals surface area contributed by atoms with Crippen LogP contribution in [0.25, 0.3) is 0 Å². The molecule has 0 fully saturated rings. The predicted molar refractivity (Wildman–Crippen MR) is 49.5 cm³/mol. The van der Waals surface area contributed by atoms with Crippen molar-refractivity contribution in [2.75, 3.05) is 14.1 Å². The van der Waals surface area contributed by atoms with Crippen LogP contribution in [0.3, 0.4) is 0 Å². The van der Waals surface area contributed by atoms with E-state index >= 15 is 0 Å². The van der Waals surface area contributed by atoms with E-state index in [1.165, 1.54) is 5.57 Å². The van der Waals surface area contributed by atoms with Gasteiger partial charge < -0.3 is 4.90 Å². The molecule has 11 heavy (non-hydrogen) atoms. The maximum atomic E-state index is 2.32. The van der Waals surface area contributed by atoms with E-state index in [2.05, 4.69) is 51.1 Å². The Hall–Kier alpha value is -0.560. The van der Waals surface area contributed by atoms with E-state index in [4.69, 9.17) is 0 Å². The quantitative estimate of drug-likeness (QED) is 0.554. The van der Waals surface area contributed by atoms with Crippen LogP contribution < -0.4 is 0 Å². The lowest BCUT2D eigenvalue weighted by Gasteiger charge is -2.28. The average molecular weight is 151 g/mol. The summed E-state index contributed by atoms with van der Waals surface area (Å²) in [5, 5.41) is 0. The molecule has 1 heteroatoms. The van der Waals surface area contributed by atoms with Gasteiger partial charge in [-0.25, -0.2) is 0 Å². The van der Waals surface area contributed by atoms with Gasteiger partial charge in [-0.3, -0.25) is 0 Å². The molecule has 0 spiro atoms. The summed E-state index contributed by atoms with van der Waals surface area (Å²) in [6.07, 6.45) is 6.80. The van der Waals surface area contributed by atoms with Crippen LogP contribution in [0.5, 0.6) is 0 Å². The minimum absolute atomic E-state index is 0.582. The zero-order chi connectivity index (χ0) is 8.43. The molecule has 0 bridgehead atoms. The van der Waals surface area contributed by atoms with Gasteiger partial charge in [0, 0.05) is 6.04 Å². The number of nitrogens with zero attached hydrogens (tertiary/aromatic N) is 1. The summed E-state index contributed by atoms with van der Waals surface area (Å²) < 4.78 is 0. The first-order chi connectivity index (χ1) is 5.11. The fourth-order valence-electron chi connectivity index (χ4n) is 1.64. The highest BCUT2D eigenvalue weighted by atomic mass is 15.1. The second-order valence-corrected chi connectivity index (χ2v) is 3.58. The Balaban J connectivity index is 2.69. The van der Waals surface area contributed by atoms with Crippen molar-refractivity contribution in [3.05, 3.63) is 23.8 Å². The maximum Gasteiger partial charge on any atom is 0.0335 e. The van der Waals surface area contributed by atoms with Gasteiger partial charge in [0.15, 0.2) is 0 Å². The number of hydrogen-bond donors (Lipinski definition) is 0. The Kier molecular flexibility index (Phi) is 2.50. The fourth-order valence-corrected chi connectivity index (χ4v) is 1.64. The molecule has 1 nitrogen and oxygen atoms in total. The average Bonchev–Trinajstić information content (AvgIpc) is 1.85. The first kappa shape index (κ1) is 8.54. The van der Waals surface area contributed by atoms with Gasteiger partial charge in [0.2, 0.25) is 0 Å². The number of likely N-dealkylation sites (N-methyl/N-ethyl adjacent to an activating group) is 1. The van der Waals surface area contributed by atoms with Crippen molar-refractivity contribution in [3.63, 3.8) is 0 Å². The SMILES string of the molecule is CC1=C[C@@H](C)C(N(C)C)C=C1. The smallest absolute Gasteiger partial charge is 0.0335 e. The molecule has 0 aromatic heterocycles. The third-order valence-electron chi connectivity index (χ3n) is 2.22. The van der Waals surface area contributed by atoms with Gasteiger partial charge in [0.25, 0.3) is 0 Å². The molecule has 62 valence electrons. The highest BCUT2D eigenvalue weighted by Crippen LogP contribution is 2.19. The van der Waals surface area contributed by atoms with Crippen molar-refractivity contribution in [1.82, 2.24) is 4.90 Å². The van der Waals surface area contributed by atoms with Crippen molar-refractivity contribution in [2.45, 2.75) is 19.9 Å². The topological polar surface area (TPSA) is 3.24 Å². The van der Waals surface area contributed by atoms with Crippen molar-refractivity contribution < 1.29 is 0 Å². The van der Waals surface area contributed by atoms with Crippen LogP contribution in [0, 0.1) is 5.92 Å². The molecule has 0 saturated heterocycles. The first-order valence-electron chi connectivity index (χ1n) is 4.14. The molecule has 1 unspecified atom stereocenters. The summed E-state index contributed by atoms with van der Waals surface area (Å²) in [5.41, 5.74) is 1.38. The number of hydrogen-bond acceptors (Lipinski definition) is 1. The summed E-state index contributed by atoms with van der Waals surface area (Å²) in [7, 11) is 4.25. The molecule has 2 atom stereocenters. The van der Waals surface area contributed by atoms with Crippen LogP contribution in [0.2, 0.25) is 0 Å².